The minimum absolute atomic E-state index is 0.0568. The first-order valence-electron chi connectivity index (χ1n) is 11.5. The fraction of sp³-hybridized carbons (Fsp3) is 0.455. The molecule has 0 bridgehead atoms. The normalized spacial score (nSPS) is 25.8. The minimum Gasteiger partial charge on any atom is -0.462 e. The van der Waals surface area contributed by atoms with Crippen molar-refractivity contribution in [3.05, 3.63) is 43.0 Å². The molecule has 0 unspecified atom stereocenters. The van der Waals surface area contributed by atoms with E-state index in [1.54, 1.807) is 32.0 Å². The number of aliphatic hydroxyl groups is 1. The lowest BCUT2D eigenvalue weighted by Crippen LogP contribution is -2.40. The van der Waals surface area contributed by atoms with Crippen LogP contribution in [0, 0.1) is 0 Å². The molecule has 2 aromatic heterocycles. The molecule has 0 amide bonds. The molecular formula is C22H27ClFN6O7P. The minimum atomic E-state index is -4.30. The van der Waals surface area contributed by atoms with Crippen molar-refractivity contribution >= 4 is 42.3 Å². The van der Waals surface area contributed by atoms with Crippen LogP contribution in [-0.4, -0.2) is 66.7 Å². The van der Waals surface area contributed by atoms with Gasteiger partial charge in [-0.15, -0.1) is 0 Å². The zero-order valence-corrected chi connectivity index (χ0v) is 22.3. The number of imidazole rings is 1. The van der Waals surface area contributed by atoms with E-state index in [1.165, 1.54) is 25.4 Å². The van der Waals surface area contributed by atoms with Crippen LogP contribution in [0.1, 0.15) is 27.0 Å². The van der Waals surface area contributed by atoms with Gasteiger partial charge in [-0.3, -0.25) is 13.9 Å². The van der Waals surface area contributed by atoms with Gasteiger partial charge in [0.15, 0.2) is 17.7 Å². The van der Waals surface area contributed by atoms with E-state index in [9.17, 15) is 14.5 Å². The number of anilines is 1. The quantitative estimate of drug-likeness (QED) is 0.184. The van der Waals surface area contributed by atoms with Crippen LogP contribution < -0.4 is 15.3 Å². The Hall–Kier alpha value is -2.87. The summed E-state index contributed by atoms with van der Waals surface area (Å²) in [5.41, 5.74) is 6.09. The molecule has 0 aliphatic carbocycles. The number of nitrogens with zero attached hydrogens (tertiary/aromatic N) is 4. The summed E-state index contributed by atoms with van der Waals surface area (Å²) in [7, 11) is -4.30. The van der Waals surface area contributed by atoms with E-state index in [0.717, 1.165) is 10.9 Å². The number of fused-ring (bicyclic) bond motifs is 1. The SMILES string of the molecule is CC(C)OC(=O)[C@H](C)N[P@](=O)(OC[C@H]1O[C@@H](n2cnc3c(N)ncnc32)[C@@](F)(Cl)[C@@H]1O)Oc1ccccc1. The summed E-state index contributed by atoms with van der Waals surface area (Å²) < 4.78 is 52.2. The molecule has 4 N–H and O–H groups in total. The predicted octanol–water partition coefficient (Wildman–Crippen LogP) is 2.70. The monoisotopic (exact) mass is 572 g/mol. The Bertz CT molecular complexity index is 1330. The number of nitrogen functional groups attached to an aromatic ring is 1. The fourth-order valence-electron chi connectivity index (χ4n) is 3.65. The average Bonchev–Trinajstić information content (AvgIpc) is 3.37. The van der Waals surface area contributed by atoms with Gasteiger partial charge in [-0.1, -0.05) is 29.8 Å². The van der Waals surface area contributed by atoms with Crippen molar-refractivity contribution in [2.75, 3.05) is 12.3 Å². The zero-order valence-electron chi connectivity index (χ0n) is 20.6. The van der Waals surface area contributed by atoms with Crippen molar-refractivity contribution in [1.82, 2.24) is 24.6 Å². The third-order valence-corrected chi connectivity index (χ3v) is 7.51. The Morgan fingerprint density at radius 3 is 2.71 bits per heavy atom. The fourth-order valence-corrected chi connectivity index (χ4v) is 5.45. The molecule has 13 nitrogen and oxygen atoms in total. The molecule has 6 atom stereocenters. The number of nitrogens with two attached hydrogens (primary N) is 1. The zero-order chi connectivity index (χ0) is 27.7. The number of nitrogens with one attached hydrogen (secondary N) is 1. The second-order valence-corrected chi connectivity index (χ2v) is 11.0. The van der Waals surface area contributed by atoms with Gasteiger partial charge in [-0.05, 0) is 32.9 Å². The Labute approximate surface area is 222 Å². The molecule has 3 aromatic rings. The Morgan fingerprint density at radius 1 is 1.32 bits per heavy atom. The first-order valence-corrected chi connectivity index (χ1v) is 13.4. The Balaban J connectivity index is 1.54. The maximum Gasteiger partial charge on any atom is 0.459 e. The maximum absolute atomic E-state index is 15.5. The lowest BCUT2D eigenvalue weighted by molar-refractivity contribution is -0.149. The number of benzene rings is 1. The van der Waals surface area contributed by atoms with Crippen LogP contribution in [0.2, 0.25) is 0 Å². The topological polar surface area (TPSA) is 173 Å². The van der Waals surface area contributed by atoms with E-state index in [1.807, 2.05) is 0 Å². The summed E-state index contributed by atoms with van der Waals surface area (Å²) in [4.78, 5) is 24.2. The molecule has 4 rings (SSSR count). The highest BCUT2D eigenvalue weighted by molar-refractivity contribution is 7.52. The van der Waals surface area contributed by atoms with Gasteiger partial charge in [-0.25, -0.2) is 23.9 Å². The highest BCUT2D eigenvalue weighted by Crippen LogP contribution is 2.49. The molecule has 38 heavy (non-hydrogen) atoms. The molecule has 1 aliphatic heterocycles. The summed E-state index contributed by atoms with van der Waals surface area (Å²) in [6.45, 7) is 4.10. The van der Waals surface area contributed by atoms with Gasteiger partial charge >= 0.3 is 13.7 Å². The van der Waals surface area contributed by atoms with Crippen LogP contribution in [0.3, 0.4) is 0 Å². The summed E-state index contributed by atoms with van der Waals surface area (Å²) >= 11 is 6.07. The van der Waals surface area contributed by atoms with Gasteiger partial charge in [0.25, 0.3) is 5.13 Å². The number of halogens is 2. The van der Waals surface area contributed by atoms with E-state index in [2.05, 4.69) is 20.0 Å². The largest absolute Gasteiger partial charge is 0.462 e. The number of ether oxygens (including phenoxy) is 2. The standard InChI is InChI=1S/C22H27ClFN6O7P/c1-12(2)35-20(32)13(3)29-38(33,37-14-7-5-4-6-8-14)34-9-15-17(31)22(23,24)21(36-15)30-11-28-16-18(25)26-10-27-19(16)30/h4-8,10-13,15,17,21,31H,9H2,1-3H3,(H,29,33)(H2,25,26,27)/t13-,15+,17+,21+,22+,38-/m0/s1. The second kappa shape index (κ2) is 11.1. The molecule has 0 saturated carbocycles. The summed E-state index contributed by atoms with van der Waals surface area (Å²) in [6.07, 6.45) is -3.01. The van der Waals surface area contributed by atoms with Crippen LogP contribution >= 0.6 is 19.3 Å². The Kier molecular flexibility index (Phi) is 8.21. The molecular weight excluding hydrogens is 546 g/mol. The highest BCUT2D eigenvalue weighted by atomic mass is 35.5. The summed E-state index contributed by atoms with van der Waals surface area (Å²) in [6, 6.07) is 6.94. The van der Waals surface area contributed by atoms with E-state index in [-0.39, 0.29) is 22.7 Å². The predicted molar refractivity (Wildman–Crippen MR) is 134 cm³/mol. The van der Waals surface area contributed by atoms with E-state index in [0.29, 0.717) is 0 Å². The highest BCUT2D eigenvalue weighted by Gasteiger charge is 2.58. The first-order chi connectivity index (χ1) is 17.9. The van der Waals surface area contributed by atoms with E-state index >= 15 is 4.39 Å². The number of alkyl halides is 2. The van der Waals surface area contributed by atoms with Gasteiger partial charge in [0.1, 0.15) is 35.8 Å². The summed E-state index contributed by atoms with van der Waals surface area (Å²) in [5.74, 6) is -0.478. The number of aliphatic hydroxyl groups excluding tert-OH is 1. The van der Waals surface area contributed by atoms with Gasteiger partial charge in [0, 0.05) is 0 Å². The average molecular weight is 573 g/mol. The van der Waals surface area contributed by atoms with Gasteiger partial charge in [0.2, 0.25) is 0 Å². The number of esters is 1. The van der Waals surface area contributed by atoms with Gasteiger partial charge < -0.3 is 24.8 Å². The van der Waals surface area contributed by atoms with Crippen LogP contribution in [0.15, 0.2) is 43.0 Å². The van der Waals surface area contributed by atoms with Crippen LogP contribution in [0.25, 0.3) is 11.2 Å². The third kappa shape index (κ3) is 5.90. The number of aromatic nitrogens is 4. The van der Waals surface area contributed by atoms with Crippen LogP contribution in [0.4, 0.5) is 10.2 Å². The number of hydrogen-bond acceptors (Lipinski definition) is 11. The number of carbonyl (C=O) groups is 1. The molecule has 206 valence electrons. The molecule has 0 radical (unpaired) electrons. The number of hydrogen-bond donors (Lipinski definition) is 3. The van der Waals surface area contributed by atoms with Gasteiger partial charge in [0.05, 0.1) is 19.0 Å². The molecule has 1 saturated heterocycles. The molecule has 1 aromatic carbocycles. The lowest BCUT2D eigenvalue weighted by atomic mass is 10.1. The number of para-hydroxylation sites is 1. The maximum atomic E-state index is 15.5. The molecule has 16 heteroatoms. The van der Waals surface area contributed by atoms with Crippen molar-refractivity contribution in [2.24, 2.45) is 0 Å². The molecule has 3 heterocycles. The first kappa shape index (κ1) is 28.1. The van der Waals surface area contributed by atoms with Gasteiger partial charge in [-0.2, -0.15) is 5.09 Å². The van der Waals surface area contributed by atoms with Crippen LogP contribution in [0.5, 0.6) is 5.75 Å². The second-order valence-electron chi connectivity index (χ2n) is 8.76. The number of rotatable bonds is 10. The lowest BCUT2D eigenvalue weighted by Gasteiger charge is -2.25. The van der Waals surface area contributed by atoms with Crippen molar-refractivity contribution in [3.8, 4) is 5.75 Å². The van der Waals surface area contributed by atoms with E-state index in [4.69, 9.17) is 35.9 Å². The molecule has 1 aliphatic rings. The molecule has 0 spiro atoms. The third-order valence-electron chi connectivity index (χ3n) is 5.45. The number of carbonyl (C=O) groups excluding carboxylic acids is 1. The van der Waals surface area contributed by atoms with Crippen molar-refractivity contribution in [3.63, 3.8) is 0 Å². The molecule has 1 fully saturated rings. The van der Waals surface area contributed by atoms with Crippen molar-refractivity contribution < 1.29 is 37.4 Å². The van der Waals surface area contributed by atoms with Crippen molar-refractivity contribution in [2.45, 2.75) is 56.5 Å². The summed E-state index contributed by atoms with van der Waals surface area (Å²) in [5, 5.41) is 10.3. The van der Waals surface area contributed by atoms with Crippen LogP contribution in [-0.2, 0) is 23.4 Å². The smallest absolute Gasteiger partial charge is 0.459 e. The Morgan fingerprint density at radius 2 is 2.03 bits per heavy atom. The van der Waals surface area contributed by atoms with E-state index < -0.39 is 56.0 Å². The van der Waals surface area contributed by atoms with Crippen molar-refractivity contribution in [1.29, 1.82) is 0 Å².